The van der Waals surface area contributed by atoms with Crippen molar-refractivity contribution in [3.05, 3.63) is 53.6 Å². The third-order valence-corrected chi connectivity index (χ3v) is 6.05. The SMILES string of the molecule is O=C(COP(=O)([O-])[O-])N1CCC(c2[nH]nc(-c3ccc(Cl)cc3)c2-c2ccncn2)CC1.[Na+].[Na+]. The van der Waals surface area contributed by atoms with E-state index in [2.05, 4.69) is 24.7 Å². The fourth-order valence-corrected chi connectivity index (χ4v) is 4.20. The van der Waals surface area contributed by atoms with Crippen LogP contribution in [0, 0.1) is 0 Å². The number of hydrogen-bond acceptors (Lipinski definition) is 8. The normalized spacial score (nSPS) is 14.3. The molecule has 1 amide bonds. The van der Waals surface area contributed by atoms with Crippen molar-refractivity contribution in [3.8, 4) is 22.5 Å². The molecule has 2 aromatic heterocycles. The van der Waals surface area contributed by atoms with Gasteiger partial charge in [-0.3, -0.25) is 9.89 Å². The van der Waals surface area contributed by atoms with E-state index in [0.717, 1.165) is 28.2 Å². The van der Waals surface area contributed by atoms with Crippen LogP contribution in [0.25, 0.3) is 22.5 Å². The van der Waals surface area contributed by atoms with Crippen LogP contribution >= 0.6 is 19.4 Å². The first-order valence-electron chi connectivity index (χ1n) is 9.87. The van der Waals surface area contributed by atoms with E-state index < -0.39 is 20.3 Å². The topological polar surface area (TPSA) is 147 Å². The van der Waals surface area contributed by atoms with E-state index in [0.29, 0.717) is 31.0 Å². The first kappa shape index (κ1) is 29.6. The van der Waals surface area contributed by atoms with E-state index in [4.69, 9.17) is 11.6 Å². The molecule has 0 radical (unpaired) electrons. The molecule has 1 N–H and O–H groups in total. The molecule has 0 bridgehead atoms. The third-order valence-electron chi connectivity index (χ3n) is 5.35. The van der Waals surface area contributed by atoms with Crippen LogP contribution in [0.5, 0.6) is 0 Å². The van der Waals surface area contributed by atoms with E-state index in [1.54, 1.807) is 18.3 Å². The number of rotatable bonds is 6. The molecule has 14 heteroatoms. The molecule has 10 nitrogen and oxygen atoms in total. The summed E-state index contributed by atoms with van der Waals surface area (Å²) >= 11 is 6.03. The van der Waals surface area contributed by atoms with Crippen LogP contribution in [0.3, 0.4) is 0 Å². The van der Waals surface area contributed by atoms with Gasteiger partial charge in [-0.1, -0.05) is 23.7 Å². The Morgan fingerprint density at radius 1 is 1.18 bits per heavy atom. The van der Waals surface area contributed by atoms with Crippen LogP contribution in [0.2, 0.25) is 5.02 Å². The van der Waals surface area contributed by atoms with Gasteiger partial charge >= 0.3 is 59.1 Å². The quantitative estimate of drug-likeness (QED) is 0.253. The van der Waals surface area contributed by atoms with Crippen LogP contribution in [-0.4, -0.2) is 50.7 Å². The van der Waals surface area contributed by atoms with Crippen LogP contribution < -0.4 is 68.9 Å². The molecular weight excluding hydrogens is 503 g/mol. The zero-order chi connectivity index (χ0) is 22.7. The zero-order valence-corrected chi connectivity index (χ0v) is 24.5. The summed E-state index contributed by atoms with van der Waals surface area (Å²) in [6, 6.07) is 9.18. The van der Waals surface area contributed by atoms with E-state index in [1.807, 2.05) is 18.2 Å². The molecule has 0 spiro atoms. The Hall–Kier alpha value is -0.620. The summed E-state index contributed by atoms with van der Waals surface area (Å²) in [6.07, 6.45) is 4.39. The monoisotopic (exact) mass is 521 g/mol. The summed E-state index contributed by atoms with van der Waals surface area (Å²) in [5, 5.41) is 8.33. The maximum atomic E-state index is 12.1. The van der Waals surface area contributed by atoms with E-state index in [-0.39, 0.29) is 65.0 Å². The predicted octanol–water partition coefficient (Wildman–Crippen LogP) is -4.25. The van der Waals surface area contributed by atoms with E-state index in [9.17, 15) is 19.1 Å². The molecule has 1 fully saturated rings. The summed E-state index contributed by atoms with van der Waals surface area (Å²) in [4.78, 5) is 43.3. The minimum absolute atomic E-state index is 0. The standard InChI is InChI=1S/C20H21ClN5O5P.2Na/c21-15-3-1-13(2-4-15)19-18(16-5-8-22-12-23-16)20(25-24-19)14-6-9-26(10-7-14)17(27)11-31-32(28,29)30;;/h1-5,8,12,14H,6-7,9-11H2,(H,24,25)(H2,28,29,30);;/q;2*+1/p-2. The van der Waals surface area contributed by atoms with E-state index >= 15 is 0 Å². The molecular formula is C20H19ClN5Na2O5P. The van der Waals surface area contributed by atoms with Crippen molar-refractivity contribution in [2.45, 2.75) is 18.8 Å². The Morgan fingerprint density at radius 3 is 2.44 bits per heavy atom. The number of aromatic amines is 1. The van der Waals surface area contributed by atoms with Gasteiger partial charge in [0, 0.05) is 47.0 Å². The number of carbonyl (C=O) groups is 1. The van der Waals surface area contributed by atoms with Crippen molar-refractivity contribution >= 4 is 25.3 Å². The number of amides is 1. The maximum Gasteiger partial charge on any atom is 1.00 e. The fraction of sp³-hybridized carbons (Fsp3) is 0.300. The van der Waals surface area contributed by atoms with Crippen LogP contribution in [-0.2, 0) is 13.9 Å². The van der Waals surface area contributed by atoms with Gasteiger partial charge in [0.1, 0.15) is 18.6 Å². The average Bonchev–Trinajstić information content (AvgIpc) is 3.23. The molecule has 4 rings (SSSR count). The average molecular weight is 522 g/mol. The number of benzene rings is 1. The first-order valence-corrected chi connectivity index (χ1v) is 11.7. The van der Waals surface area contributed by atoms with Gasteiger partial charge in [-0.25, -0.2) is 9.97 Å². The second kappa shape index (κ2) is 13.1. The number of piperidine rings is 1. The fourth-order valence-electron chi connectivity index (χ4n) is 3.81. The van der Waals surface area contributed by atoms with Gasteiger partial charge in [-0.2, -0.15) is 5.10 Å². The molecule has 168 valence electrons. The van der Waals surface area contributed by atoms with Crippen molar-refractivity contribution in [2.75, 3.05) is 19.7 Å². The molecule has 0 saturated carbocycles. The molecule has 3 aromatic rings. The number of nitrogens with zero attached hydrogens (tertiary/aromatic N) is 4. The van der Waals surface area contributed by atoms with Crippen molar-refractivity contribution in [3.63, 3.8) is 0 Å². The number of hydrogen-bond donors (Lipinski definition) is 1. The van der Waals surface area contributed by atoms with E-state index in [1.165, 1.54) is 11.2 Å². The number of H-pyrrole nitrogens is 1. The number of likely N-dealkylation sites (tertiary alicyclic amines) is 1. The maximum absolute atomic E-state index is 12.1. The van der Waals surface area contributed by atoms with Gasteiger partial charge in [0.15, 0.2) is 0 Å². The molecule has 0 aliphatic carbocycles. The Bertz CT molecular complexity index is 1140. The van der Waals surface area contributed by atoms with Crippen molar-refractivity contribution in [2.24, 2.45) is 0 Å². The molecule has 1 aromatic carbocycles. The largest absolute Gasteiger partial charge is 1.00 e. The first-order chi connectivity index (χ1) is 15.3. The third kappa shape index (κ3) is 7.44. The summed E-state index contributed by atoms with van der Waals surface area (Å²) in [5.74, 6) is -0.457. The summed E-state index contributed by atoms with van der Waals surface area (Å²) in [5.41, 5.74) is 4.11. The predicted molar refractivity (Wildman–Crippen MR) is 112 cm³/mol. The second-order valence-electron chi connectivity index (χ2n) is 7.34. The van der Waals surface area contributed by atoms with Gasteiger partial charge in [-0.15, -0.1) is 0 Å². The zero-order valence-electron chi connectivity index (χ0n) is 18.8. The number of nitrogens with one attached hydrogen (secondary N) is 1. The molecule has 1 saturated heterocycles. The number of halogens is 1. The minimum Gasteiger partial charge on any atom is -0.790 e. The van der Waals surface area contributed by atoms with Crippen molar-refractivity contribution in [1.29, 1.82) is 0 Å². The number of aromatic nitrogens is 4. The van der Waals surface area contributed by atoms with Crippen LogP contribution in [0.4, 0.5) is 0 Å². The number of carbonyl (C=O) groups excluding carboxylic acids is 1. The second-order valence-corrected chi connectivity index (χ2v) is 8.93. The molecule has 0 atom stereocenters. The summed E-state index contributed by atoms with van der Waals surface area (Å²) in [7, 11) is -5.18. The molecule has 3 heterocycles. The molecule has 34 heavy (non-hydrogen) atoms. The van der Waals surface area contributed by atoms with Crippen molar-refractivity contribution in [1.82, 2.24) is 25.1 Å². The van der Waals surface area contributed by atoms with Crippen LogP contribution in [0.1, 0.15) is 24.5 Å². The van der Waals surface area contributed by atoms with Gasteiger partial charge in [0.25, 0.3) is 0 Å². The summed E-state index contributed by atoms with van der Waals surface area (Å²) < 4.78 is 14.7. The van der Waals surface area contributed by atoms with Gasteiger partial charge in [0.2, 0.25) is 5.91 Å². The van der Waals surface area contributed by atoms with Gasteiger partial charge in [-0.05, 0) is 31.0 Å². The smallest absolute Gasteiger partial charge is 0.790 e. The molecule has 0 unspecified atom stereocenters. The Labute approximate surface area is 245 Å². The molecule has 1 aliphatic rings. The Balaban J connectivity index is 0.00000204. The number of phosphoric ester groups is 1. The Kier molecular flexibility index (Phi) is 11.4. The summed E-state index contributed by atoms with van der Waals surface area (Å²) in [6.45, 7) is 0.0205. The minimum atomic E-state index is -5.18. The van der Waals surface area contributed by atoms with Gasteiger partial charge in [0.05, 0.1) is 13.5 Å². The number of phosphoric acid groups is 1. The van der Waals surface area contributed by atoms with Gasteiger partial charge < -0.3 is 23.8 Å². The van der Waals surface area contributed by atoms with Crippen LogP contribution in [0.15, 0.2) is 42.9 Å². The Morgan fingerprint density at radius 2 is 1.85 bits per heavy atom. The molecule has 1 aliphatic heterocycles. The van der Waals surface area contributed by atoms with Crippen molar-refractivity contribution < 1.29 is 82.8 Å².